The van der Waals surface area contributed by atoms with Crippen molar-refractivity contribution in [2.75, 3.05) is 0 Å². The first kappa shape index (κ1) is 17.6. The second-order valence-electron chi connectivity index (χ2n) is 5.85. The normalized spacial score (nSPS) is 10.8. The van der Waals surface area contributed by atoms with E-state index in [2.05, 4.69) is 0 Å². The van der Waals surface area contributed by atoms with Gasteiger partial charge in [0.25, 0.3) is 0 Å². The second kappa shape index (κ2) is 8.23. The predicted octanol–water partition coefficient (Wildman–Crippen LogP) is 5.08. The van der Waals surface area contributed by atoms with Crippen molar-refractivity contribution in [3.8, 4) is 11.1 Å². The Bertz CT molecular complexity index is 888. The van der Waals surface area contributed by atoms with Gasteiger partial charge in [-0.25, -0.2) is 4.39 Å². The highest BCUT2D eigenvalue weighted by atomic mass is 19.1. The topological polar surface area (TPSA) is 40.5 Å². The van der Waals surface area contributed by atoms with Crippen molar-refractivity contribution >= 4 is 5.78 Å². The summed E-state index contributed by atoms with van der Waals surface area (Å²) in [5.41, 5.74) is 3.50. The number of carbonyl (C=O) groups is 1. The van der Waals surface area contributed by atoms with E-state index in [0.717, 1.165) is 21.8 Å². The molecule has 0 bridgehead atoms. The Morgan fingerprint density at radius 2 is 1.50 bits per heavy atom. The van der Waals surface area contributed by atoms with Crippen molar-refractivity contribution in [2.45, 2.75) is 6.54 Å². The van der Waals surface area contributed by atoms with Crippen molar-refractivity contribution in [3.05, 3.63) is 108 Å². The van der Waals surface area contributed by atoms with Crippen molar-refractivity contribution in [2.24, 2.45) is 0 Å². The molecular weight excluding hydrogens is 329 g/mol. The Hall–Kier alpha value is -3.24. The number of allylic oxidation sites excluding steroid dienone is 1. The zero-order valence-electron chi connectivity index (χ0n) is 14.0. The third-order valence-electron chi connectivity index (χ3n) is 3.93. The van der Waals surface area contributed by atoms with Crippen LogP contribution in [-0.2, 0) is 6.54 Å². The summed E-state index contributed by atoms with van der Waals surface area (Å²) in [6, 6.07) is 23.1. The Morgan fingerprint density at radius 3 is 2.15 bits per heavy atom. The molecular formula is C22H18FNO2. The van der Waals surface area contributed by atoms with Gasteiger partial charge in [0.05, 0.1) is 6.54 Å². The average molecular weight is 347 g/mol. The van der Waals surface area contributed by atoms with E-state index in [4.69, 9.17) is 0 Å². The van der Waals surface area contributed by atoms with Crippen LogP contribution >= 0.6 is 0 Å². The van der Waals surface area contributed by atoms with E-state index in [1.54, 1.807) is 0 Å². The summed E-state index contributed by atoms with van der Waals surface area (Å²) in [5.74, 6) is -0.697. The van der Waals surface area contributed by atoms with Crippen LogP contribution in [0.1, 0.15) is 15.9 Å². The van der Waals surface area contributed by atoms with E-state index in [1.807, 2.05) is 54.6 Å². The Morgan fingerprint density at radius 1 is 0.885 bits per heavy atom. The smallest absolute Gasteiger partial charge is 0.187 e. The van der Waals surface area contributed by atoms with E-state index >= 15 is 0 Å². The van der Waals surface area contributed by atoms with E-state index in [0.29, 0.717) is 5.56 Å². The molecule has 1 N–H and O–H groups in total. The maximum absolute atomic E-state index is 12.9. The third-order valence-corrected chi connectivity index (χ3v) is 3.93. The lowest BCUT2D eigenvalue weighted by molar-refractivity contribution is -0.0491. The molecule has 0 fully saturated rings. The van der Waals surface area contributed by atoms with Crippen LogP contribution in [0.5, 0.6) is 0 Å². The summed E-state index contributed by atoms with van der Waals surface area (Å²) in [6.07, 6.45) is 2.56. The van der Waals surface area contributed by atoms with Gasteiger partial charge >= 0.3 is 0 Å². The van der Waals surface area contributed by atoms with Crippen molar-refractivity contribution < 1.29 is 14.4 Å². The molecule has 0 aliphatic heterocycles. The molecule has 0 aliphatic carbocycles. The zero-order chi connectivity index (χ0) is 18.4. The summed E-state index contributed by atoms with van der Waals surface area (Å²) in [4.78, 5) is 12.0. The Balaban J connectivity index is 1.60. The summed E-state index contributed by atoms with van der Waals surface area (Å²) in [5, 5.41) is 10.9. The van der Waals surface area contributed by atoms with Gasteiger partial charge in [-0.3, -0.25) is 15.1 Å². The number of halogens is 1. The van der Waals surface area contributed by atoms with Crippen LogP contribution < -0.4 is 0 Å². The van der Waals surface area contributed by atoms with Gasteiger partial charge in [0, 0.05) is 17.8 Å². The molecule has 0 atom stereocenters. The lowest BCUT2D eigenvalue weighted by Gasteiger charge is -2.12. The number of hydrogen-bond acceptors (Lipinski definition) is 3. The molecule has 0 saturated heterocycles. The van der Waals surface area contributed by atoms with Gasteiger partial charge in [0.15, 0.2) is 5.78 Å². The van der Waals surface area contributed by atoms with Crippen LogP contribution in [-0.4, -0.2) is 16.1 Å². The van der Waals surface area contributed by atoms with Crippen molar-refractivity contribution in [1.82, 2.24) is 5.06 Å². The summed E-state index contributed by atoms with van der Waals surface area (Å²) < 4.78 is 12.9. The Labute approximate surface area is 151 Å². The minimum Gasteiger partial charge on any atom is -0.289 e. The van der Waals surface area contributed by atoms with Crippen molar-refractivity contribution in [1.29, 1.82) is 0 Å². The zero-order valence-corrected chi connectivity index (χ0v) is 14.0. The standard InChI is InChI=1S/C22H18FNO2/c23-21-12-10-20(11-13-21)22(25)14-15-24(26)16-17-6-8-19(9-7-17)18-4-2-1-3-5-18/h1-15,26H,16H2/b15-14-. The van der Waals surface area contributed by atoms with Gasteiger partial charge in [-0.2, -0.15) is 0 Å². The van der Waals surface area contributed by atoms with E-state index in [9.17, 15) is 14.4 Å². The molecule has 0 heterocycles. The largest absolute Gasteiger partial charge is 0.289 e. The molecule has 0 amide bonds. The van der Waals surface area contributed by atoms with Gasteiger partial charge in [-0.15, -0.1) is 0 Å². The molecule has 0 saturated carbocycles. The molecule has 3 aromatic rings. The van der Waals surface area contributed by atoms with Crippen LogP contribution in [0.25, 0.3) is 11.1 Å². The number of hydrogen-bond donors (Lipinski definition) is 1. The van der Waals surface area contributed by atoms with Crippen LogP contribution in [0.15, 0.2) is 91.1 Å². The predicted molar refractivity (Wildman–Crippen MR) is 99.1 cm³/mol. The minimum atomic E-state index is -0.395. The SMILES string of the molecule is O=C(/C=C\N(O)Cc1ccc(-c2ccccc2)cc1)c1ccc(F)cc1. The Kier molecular flexibility index (Phi) is 5.56. The fraction of sp³-hybridized carbons (Fsp3) is 0.0455. The molecule has 26 heavy (non-hydrogen) atoms. The first-order valence-corrected chi connectivity index (χ1v) is 8.20. The van der Waals surface area contributed by atoms with Crippen LogP contribution in [0.2, 0.25) is 0 Å². The first-order chi connectivity index (χ1) is 12.6. The van der Waals surface area contributed by atoms with Crippen LogP contribution in [0.4, 0.5) is 4.39 Å². The maximum Gasteiger partial charge on any atom is 0.187 e. The number of benzene rings is 3. The van der Waals surface area contributed by atoms with Gasteiger partial charge in [0.2, 0.25) is 0 Å². The van der Waals surface area contributed by atoms with Gasteiger partial charge in [-0.05, 0) is 41.0 Å². The highest BCUT2D eigenvalue weighted by molar-refractivity contribution is 6.04. The molecule has 0 aliphatic rings. The summed E-state index contributed by atoms with van der Waals surface area (Å²) >= 11 is 0. The quantitative estimate of drug-likeness (QED) is 0.384. The van der Waals surface area contributed by atoms with Crippen LogP contribution in [0, 0.1) is 5.82 Å². The fourth-order valence-electron chi connectivity index (χ4n) is 2.54. The fourth-order valence-corrected chi connectivity index (χ4v) is 2.54. The maximum atomic E-state index is 12.9. The first-order valence-electron chi connectivity index (χ1n) is 8.20. The number of nitrogens with zero attached hydrogens (tertiary/aromatic N) is 1. The molecule has 0 unspecified atom stereocenters. The molecule has 130 valence electrons. The average Bonchev–Trinajstić information content (AvgIpc) is 2.68. The number of carbonyl (C=O) groups excluding carboxylic acids is 1. The number of ketones is 1. The summed E-state index contributed by atoms with van der Waals surface area (Å²) in [6.45, 7) is 0.252. The molecule has 3 nitrogen and oxygen atoms in total. The van der Waals surface area contributed by atoms with Crippen molar-refractivity contribution in [3.63, 3.8) is 0 Å². The van der Waals surface area contributed by atoms with Gasteiger partial charge in [-0.1, -0.05) is 54.6 Å². The highest BCUT2D eigenvalue weighted by Gasteiger charge is 2.04. The number of hydroxylamine groups is 2. The lowest BCUT2D eigenvalue weighted by atomic mass is 10.0. The third kappa shape index (κ3) is 4.65. The van der Waals surface area contributed by atoms with Gasteiger partial charge in [0.1, 0.15) is 5.82 Å². The molecule has 4 heteroatoms. The van der Waals surface area contributed by atoms with Gasteiger partial charge < -0.3 is 0 Å². The van der Waals surface area contributed by atoms with Crippen LogP contribution in [0.3, 0.4) is 0 Å². The minimum absolute atomic E-state index is 0.252. The number of rotatable bonds is 6. The molecule has 3 aromatic carbocycles. The van der Waals surface area contributed by atoms with E-state index < -0.39 is 5.82 Å². The lowest BCUT2D eigenvalue weighted by Crippen LogP contribution is -2.11. The molecule has 0 aromatic heterocycles. The summed E-state index contributed by atoms with van der Waals surface area (Å²) in [7, 11) is 0. The molecule has 0 radical (unpaired) electrons. The van der Waals surface area contributed by atoms with E-state index in [-0.39, 0.29) is 12.3 Å². The molecule has 3 rings (SSSR count). The molecule has 0 spiro atoms. The van der Waals surface area contributed by atoms with E-state index in [1.165, 1.54) is 36.5 Å². The monoisotopic (exact) mass is 347 g/mol. The second-order valence-corrected chi connectivity index (χ2v) is 5.85. The highest BCUT2D eigenvalue weighted by Crippen LogP contribution is 2.19.